The van der Waals surface area contributed by atoms with Crippen LogP contribution in [0.1, 0.15) is 15.9 Å². The average Bonchev–Trinajstić information content (AvgIpc) is 3.59. The lowest BCUT2D eigenvalue weighted by atomic mass is 10.1. The van der Waals surface area contributed by atoms with Crippen molar-refractivity contribution in [2.75, 3.05) is 37.7 Å². The van der Waals surface area contributed by atoms with Gasteiger partial charge in [0.2, 0.25) is 5.91 Å². The van der Waals surface area contributed by atoms with Crippen molar-refractivity contribution >= 4 is 57.7 Å². The molecule has 4 aromatic carbocycles. The molecule has 12 heteroatoms. The van der Waals surface area contributed by atoms with Gasteiger partial charge in [-0.3, -0.25) is 14.4 Å². The van der Waals surface area contributed by atoms with Crippen LogP contribution in [-0.4, -0.2) is 49.8 Å². The van der Waals surface area contributed by atoms with Gasteiger partial charge in [-0.25, -0.2) is 4.98 Å². The first-order valence-electron chi connectivity index (χ1n) is 14.6. The number of thiazole rings is 1. The van der Waals surface area contributed by atoms with Gasteiger partial charge in [-0.05, 0) is 78.9 Å². The fraction of sp³-hybridized carbons (Fsp3) is 0.111. The van der Waals surface area contributed by atoms with Crippen LogP contribution < -0.4 is 30.2 Å². The Morgan fingerprint density at radius 2 is 1.56 bits per heavy atom. The highest BCUT2D eigenvalue weighted by Gasteiger charge is 2.17. The van der Waals surface area contributed by atoms with Crippen LogP contribution in [0, 0.1) is 0 Å². The lowest BCUT2D eigenvalue weighted by Crippen LogP contribution is -2.30. The van der Waals surface area contributed by atoms with Crippen LogP contribution in [0.25, 0.3) is 17.3 Å². The van der Waals surface area contributed by atoms with Gasteiger partial charge in [0.1, 0.15) is 22.9 Å². The summed E-state index contributed by atoms with van der Waals surface area (Å²) in [6, 6.07) is 28.4. The zero-order valence-corrected chi connectivity index (χ0v) is 27.9. The Morgan fingerprint density at radius 1 is 0.812 bits per heavy atom. The van der Waals surface area contributed by atoms with Crippen LogP contribution in [-0.2, 0) is 9.59 Å². The molecule has 0 aliphatic carbocycles. The molecule has 48 heavy (non-hydrogen) atoms. The normalized spacial score (nSPS) is 10.9. The smallest absolute Gasteiger partial charge is 0.272 e. The number of methoxy groups -OCH3 is 3. The fourth-order valence-corrected chi connectivity index (χ4v) is 5.93. The van der Waals surface area contributed by atoms with Gasteiger partial charge in [-0.2, -0.15) is 0 Å². The van der Waals surface area contributed by atoms with Crippen molar-refractivity contribution in [3.05, 3.63) is 119 Å². The molecule has 0 saturated carbocycles. The molecule has 5 aromatic rings. The molecule has 5 rings (SSSR count). The highest BCUT2D eigenvalue weighted by Crippen LogP contribution is 2.29. The van der Waals surface area contributed by atoms with E-state index in [1.54, 1.807) is 73.8 Å². The molecule has 0 atom stereocenters. The molecule has 0 aliphatic rings. The van der Waals surface area contributed by atoms with Crippen LogP contribution in [0.4, 0.5) is 10.8 Å². The quantitative estimate of drug-likeness (QED) is 0.0899. The number of ether oxygens (including phenoxy) is 3. The highest BCUT2D eigenvalue weighted by molar-refractivity contribution is 8.00. The van der Waals surface area contributed by atoms with Gasteiger partial charge in [0.25, 0.3) is 11.8 Å². The van der Waals surface area contributed by atoms with E-state index in [4.69, 9.17) is 14.2 Å². The summed E-state index contributed by atoms with van der Waals surface area (Å²) in [7, 11) is 4.66. The molecular formula is C36H32N4O6S2. The SMILES string of the molecule is COc1ccc(-c2csc(NC(=O)CSc3cccc(NC(=O)/C(=C\c4cc(OC)ccc4OC)NC(=O)c4ccccc4)c3)n2)cc1. The third-order valence-electron chi connectivity index (χ3n) is 6.86. The van der Waals surface area contributed by atoms with Crippen molar-refractivity contribution in [3.63, 3.8) is 0 Å². The van der Waals surface area contributed by atoms with Gasteiger partial charge in [0, 0.05) is 32.7 Å². The van der Waals surface area contributed by atoms with E-state index in [1.165, 1.54) is 43.4 Å². The molecule has 3 N–H and O–H groups in total. The maximum atomic E-state index is 13.6. The monoisotopic (exact) mass is 680 g/mol. The third kappa shape index (κ3) is 9.02. The van der Waals surface area contributed by atoms with E-state index in [9.17, 15) is 14.4 Å². The average molecular weight is 681 g/mol. The van der Waals surface area contributed by atoms with Gasteiger partial charge in [-0.15, -0.1) is 23.1 Å². The lowest BCUT2D eigenvalue weighted by Gasteiger charge is -2.13. The first-order chi connectivity index (χ1) is 23.3. The maximum Gasteiger partial charge on any atom is 0.272 e. The van der Waals surface area contributed by atoms with E-state index in [0.717, 1.165) is 21.9 Å². The molecule has 244 valence electrons. The van der Waals surface area contributed by atoms with Gasteiger partial charge < -0.3 is 30.2 Å². The largest absolute Gasteiger partial charge is 0.497 e. The molecule has 0 spiro atoms. The van der Waals surface area contributed by atoms with Gasteiger partial charge in [0.05, 0.1) is 32.8 Å². The number of aromatic nitrogens is 1. The van der Waals surface area contributed by atoms with Crippen LogP contribution in [0.3, 0.4) is 0 Å². The molecule has 10 nitrogen and oxygen atoms in total. The summed E-state index contributed by atoms with van der Waals surface area (Å²) in [4.78, 5) is 44.7. The maximum absolute atomic E-state index is 13.6. The third-order valence-corrected chi connectivity index (χ3v) is 8.62. The number of nitrogens with one attached hydrogen (secondary N) is 3. The Bertz CT molecular complexity index is 1930. The predicted molar refractivity (Wildman–Crippen MR) is 190 cm³/mol. The van der Waals surface area contributed by atoms with Gasteiger partial charge in [0.15, 0.2) is 5.13 Å². The van der Waals surface area contributed by atoms with E-state index >= 15 is 0 Å². The molecule has 1 heterocycles. The number of rotatable bonds is 13. The van der Waals surface area contributed by atoms with E-state index in [2.05, 4.69) is 20.9 Å². The topological polar surface area (TPSA) is 128 Å². The van der Waals surface area contributed by atoms with Crippen LogP contribution >= 0.6 is 23.1 Å². The van der Waals surface area contributed by atoms with Crippen LogP contribution in [0.2, 0.25) is 0 Å². The first kappa shape index (κ1) is 33.8. The number of carbonyl (C=O) groups excluding carboxylic acids is 3. The van der Waals surface area contributed by atoms with Crippen LogP contribution in [0.15, 0.2) is 113 Å². The summed E-state index contributed by atoms with van der Waals surface area (Å²) in [6.07, 6.45) is 1.53. The van der Waals surface area contributed by atoms with Crippen molar-refractivity contribution in [2.45, 2.75) is 4.90 Å². The number of amides is 3. The van der Waals surface area contributed by atoms with Crippen molar-refractivity contribution in [1.82, 2.24) is 10.3 Å². The molecule has 0 aliphatic heterocycles. The van der Waals surface area contributed by atoms with Crippen molar-refractivity contribution in [3.8, 4) is 28.5 Å². The number of nitrogens with zero attached hydrogens (tertiary/aromatic N) is 1. The molecular weight excluding hydrogens is 649 g/mol. The summed E-state index contributed by atoms with van der Waals surface area (Å²) >= 11 is 2.65. The number of thioether (sulfide) groups is 1. The Morgan fingerprint density at radius 3 is 2.29 bits per heavy atom. The lowest BCUT2D eigenvalue weighted by molar-refractivity contribution is -0.114. The summed E-state index contributed by atoms with van der Waals surface area (Å²) in [5, 5.41) is 10.8. The highest BCUT2D eigenvalue weighted by atomic mass is 32.2. The van der Waals surface area contributed by atoms with E-state index in [1.807, 2.05) is 35.7 Å². The Kier molecular flexibility index (Phi) is 11.5. The summed E-state index contributed by atoms with van der Waals surface area (Å²) in [6.45, 7) is 0. The summed E-state index contributed by atoms with van der Waals surface area (Å²) < 4.78 is 16.0. The molecule has 0 unspecified atom stereocenters. The first-order valence-corrected chi connectivity index (χ1v) is 16.5. The minimum atomic E-state index is -0.555. The number of carbonyl (C=O) groups is 3. The second-order valence-electron chi connectivity index (χ2n) is 10.1. The number of hydrogen-bond acceptors (Lipinski definition) is 9. The standard InChI is InChI=1S/C36H32N4O6S2/c1-44-27-14-12-23(13-15-27)31-21-48-36(39-31)40-33(41)22-47-29-11-7-10-26(20-29)37-35(43)30(38-34(42)24-8-5-4-6-9-24)19-25-18-28(45-2)16-17-32(25)46-3/h4-21H,22H2,1-3H3,(H,37,43)(H,38,42)(H,39,40,41)/b30-19+. The van der Waals surface area contributed by atoms with E-state index in [-0.39, 0.29) is 17.4 Å². The minimum Gasteiger partial charge on any atom is -0.497 e. The zero-order valence-electron chi connectivity index (χ0n) is 26.3. The summed E-state index contributed by atoms with van der Waals surface area (Å²) in [5.41, 5.74) is 3.06. The second kappa shape index (κ2) is 16.3. The fourth-order valence-electron chi connectivity index (χ4n) is 4.44. The minimum absolute atomic E-state index is 0.00898. The van der Waals surface area contributed by atoms with Crippen LogP contribution in [0.5, 0.6) is 17.2 Å². The molecule has 0 fully saturated rings. The zero-order chi connectivity index (χ0) is 33.9. The number of hydrogen-bond donors (Lipinski definition) is 3. The molecule has 0 radical (unpaired) electrons. The molecule has 0 bridgehead atoms. The van der Waals surface area contributed by atoms with Crippen molar-refractivity contribution in [2.24, 2.45) is 0 Å². The van der Waals surface area contributed by atoms with E-state index < -0.39 is 11.8 Å². The van der Waals surface area contributed by atoms with E-state index in [0.29, 0.717) is 33.4 Å². The van der Waals surface area contributed by atoms with Gasteiger partial charge >= 0.3 is 0 Å². The van der Waals surface area contributed by atoms with Crippen molar-refractivity contribution in [1.29, 1.82) is 0 Å². The van der Waals surface area contributed by atoms with Gasteiger partial charge in [-0.1, -0.05) is 24.3 Å². The summed E-state index contributed by atoms with van der Waals surface area (Å²) in [5.74, 6) is 0.697. The number of anilines is 2. The number of benzene rings is 4. The Hall–Kier alpha value is -5.59. The molecule has 0 saturated heterocycles. The molecule has 3 amide bonds. The predicted octanol–water partition coefficient (Wildman–Crippen LogP) is 6.98. The Labute approximate surface area is 286 Å². The Balaban J connectivity index is 1.26. The molecule has 1 aromatic heterocycles. The van der Waals surface area contributed by atoms with Crippen molar-refractivity contribution < 1.29 is 28.6 Å². The second-order valence-corrected chi connectivity index (χ2v) is 12.0.